The molecule has 0 aliphatic heterocycles. The standard InChI is InChI=1S/C12H21N3/c1-4-10-5-7-11(8-6-10)12(14-13)9-15(2)3/h5-8,12,14H,4,9,13H2,1-3H3. The van der Waals surface area contributed by atoms with E-state index >= 15 is 0 Å². The quantitative estimate of drug-likeness (QED) is 0.565. The van der Waals surface area contributed by atoms with Gasteiger partial charge in [-0.15, -0.1) is 0 Å². The highest BCUT2D eigenvalue weighted by molar-refractivity contribution is 5.25. The van der Waals surface area contributed by atoms with E-state index in [0.717, 1.165) is 13.0 Å². The number of hydrogen-bond acceptors (Lipinski definition) is 3. The van der Waals surface area contributed by atoms with Gasteiger partial charge in [0.2, 0.25) is 0 Å². The Morgan fingerprint density at radius 2 is 1.87 bits per heavy atom. The van der Waals surface area contributed by atoms with Gasteiger partial charge in [-0.25, -0.2) is 0 Å². The second-order valence-electron chi connectivity index (χ2n) is 4.08. The molecule has 0 heterocycles. The van der Waals surface area contributed by atoms with Crippen molar-refractivity contribution < 1.29 is 0 Å². The minimum absolute atomic E-state index is 0.200. The number of benzene rings is 1. The topological polar surface area (TPSA) is 41.3 Å². The second-order valence-corrected chi connectivity index (χ2v) is 4.08. The Balaban J connectivity index is 2.74. The van der Waals surface area contributed by atoms with Crippen LogP contribution in [0.5, 0.6) is 0 Å². The van der Waals surface area contributed by atoms with Crippen molar-refractivity contribution in [3.8, 4) is 0 Å². The number of nitrogens with zero attached hydrogens (tertiary/aromatic N) is 1. The van der Waals surface area contributed by atoms with Gasteiger partial charge in [0.25, 0.3) is 0 Å². The zero-order valence-corrected chi connectivity index (χ0v) is 9.83. The molecule has 3 nitrogen and oxygen atoms in total. The number of hydrazine groups is 1. The highest BCUT2D eigenvalue weighted by Gasteiger charge is 2.09. The zero-order valence-electron chi connectivity index (χ0n) is 9.83. The molecule has 1 unspecified atom stereocenters. The number of hydrogen-bond donors (Lipinski definition) is 2. The molecule has 3 N–H and O–H groups in total. The summed E-state index contributed by atoms with van der Waals surface area (Å²) >= 11 is 0. The maximum Gasteiger partial charge on any atom is 0.0586 e. The summed E-state index contributed by atoms with van der Waals surface area (Å²) in [5.41, 5.74) is 5.45. The molecule has 3 heteroatoms. The van der Waals surface area contributed by atoms with E-state index in [0.29, 0.717) is 0 Å². The lowest BCUT2D eigenvalue weighted by atomic mass is 10.0. The summed E-state index contributed by atoms with van der Waals surface area (Å²) in [5, 5.41) is 0. The number of likely N-dealkylation sites (N-methyl/N-ethyl adjacent to an activating group) is 1. The first kappa shape index (κ1) is 12.2. The lowest BCUT2D eigenvalue weighted by Gasteiger charge is -2.20. The van der Waals surface area contributed by atoms with Crippen LogP contribution in [0.25, 0.3) is 0 Å². The third kappa shape index (κ3) is 3.63. The van der Waals surface area contributed by atoms with Crippen LogP contribution >= 0.6 is 0 Å². The second kappa shape index (κ2) is 5.85. The van der Waals surface area contributed by atoms with Crippen molar-refractivity contribution in [1.82, 2.24) is 10.3 Å². The first-order valence-corrected chi connectivity index (χ1v) is 5.37. The van der Waals surface area contributed by atoms with Crippen LogP contribution in [0.1, 0.15) is 24.1 Å². The van der Waals surface area contributed by atoms with Crippen LogP contribution < -0.4 is 11.3 Å². The number of aryl methyl sites for hydroxylation is 1. The molecule has 0 fully saturated rings. The van der Waals surface area contributed by atoms with Crippen molar-refractivity contribution in [2.75, 3.05) is 20.6 Å². The molecule has 15 heavy (non-hydrogen) atoms. The normalized spacial score (nSPS) is 13.1. The lowest BCUT2D eigenvalue weighted by Crippen LogP contribution is -2.35. The van der Waals surface area contributed by atoms with Crippen LogP contribution in [0, 0.1) is 0 Å². The highest BCUT2D eigenvalue weighted by atomic mass is 15.3. The average Bonchev–Trinajstić information content (AvgIpc) is 2.26. The van der Waals surface area contributed by atoms with Crippen LogP contribution in [-0.4, -0.2) is 25.5 Å². The Bertz CT molecular complexity index is 279. The fraction of sp³-hybridized carbons (Fsp3) is 0.500. The Morgan fingerprint density at radius 3 is 2.27 bits per heavy atom. The predicted molar refractivity (Wildman–Crippen MR) is 64.4 cm³/mol. The van der Waals surface area contributed by atoms with Crippen LogP contribution in [0.2, 0.25) is 0 Å². The van der Waals surface area contributed by atoms with Gasteiger partial charge < -0.3 is 4.90 Å². The molecule has 0 spiro atoms. The fourth-order valence-corrected chi connectivity index (χ4v) is 1.61. The first-order valence-electron chi connectivity index (χ1n) is 5.37. The summed E-state index contributed by atoms with van der Waals surface area (Å²) in [6, 6.07) is 8.82. The van der Waals surface area contributed by atoms with E-state index in [4.69, 9.17) is 5.84 Å². The van der Waals surface area contributed by atoms with Gasteiger partial charge in [-0.3, -0.25) is 11.3 Å². The summed E-state index contributed by atoms with van der Waals surface area (Å²) in [5.74, 6) is 5.55. The Hall–Kier alpha value is -0.900. The molecule has 0 saturated carbocycles. The third-order valence-electron chi connectivity index (χ3n) is 2.54. The van der Waals surface area contributed by atoms with E-state index in [1.165, 1.54) is 11.1 Å². The van der Waals surface area contributed by atoms with Gasteiger partial charge >= 0.3 is 0 Å². The average molecular weight is 207 g/mol. The van der Waals surface area contributed by atoms with Crippen molar-refractivity contribution in [1.29, 1.82) is 0 Å². The molecule has 0 saturated heterocycles. The fourth-order valence-electron chi connectivity index (χ4n) is 1.61. The van der Waals surface area contributed by atoms with Crippen LogP contribution in [0.15, 0.2) is 24.3 Å². The van der Waals surface area contributed by atoms with E-state index in [1.54, 1.807) is 0 Å². The van der Waals surface area contributed by atoms with Gasteiger partial charge in [0, 0.05) is 6.54 Å². The largest absolute Gasteiger partial charge is 0.307 e. The molecule has 0 aliphatic rings. The molecule has 0 amide bonds. The molecule has 1 aromatic carbocycles. The molecule has 1 atom stereocenters. The summed E-state index contributed by atoms with van der Waals surface area (Å²) in [6.45, 7) is 3.06. The molecule has 84 valence electrons. The van der Waals surface area contributed by atoms with Gasteiger partial charge in [-0.1, -0.05) is 31.2 Å². The zero-order chi connectivity index (χ0) is 11.3. The van der Waals surface area contributed by atoms with Crippen molar-refractivity contribution in [3.05, 3.63) is 35.4 Å². The number of nitrogens with two attached hydrogens (primary N) is 1. The minimum Gasteiger partial charge on any atom is -0.307 e. The number of rotatable bonds is 5. The maximum absolute atomic E-state index is 5.55. The van der Waals surface area contributed by atoms with E-state index in [2.05, 4.69) is 41.5 Å². The smallest absolute Gasteiger partial charge is 0.0586 e. The maximum atomic E-state index is 5.55. The van der Waals surface area contributed by atoms with Crippen LogP contribution in [-0.2, 0) is 6.42 Å². The summed E-state index contributed by atoms with van der Waals surface area (Å²) < 4.78 is 0. The summed E-state index contributed by atoms with van der Waals surface area (Å²) in [6.07, 6.45) is 1.08. The molecule has 0 aliphatic carbocycles. The predicted octanol–water partition coefficient (Wildman–Crippen LogP) is 1.31. The molecule has 1 aromatic rings. The molecular weight excluding hydrogens is 186 g/mol. The van der Waals surface area contributed by atoms with Gasteiger partial charge in [-0.2, -0.15) is 0 Å². The van der Waals surface area contributed by atoms with Crippen molar-refractivity contribution in [2.45, 2.75) is 19.4 Å². The molecular formula is C12H21N3. The van der Waals surface area contributed by atoms with E-state index in [-0.39, 0.29) is 6.04 Å². The monoisotopic (exact) mass is 207 g/mol. The van der Waals surface area contributed by atoms with E-state index < -0.39 is 0 Å². The Kier molecular flexibility index (Phi) is 4.75. The van der Waals surface area contributed by atoms with Gasteiger partial charge in [-0.05, 0) is 31.6 Å². The van der Waals surface area contributed by atoms with Crippen LogP contribution in [0.4, 0.5) is 0 Å². The van der Waals surface area contributed by atoms with E-state index in [9.17, 15) is 0 Å². The van der Waals surface area contributed by atoms with Crippen LogP contribution in [0.3, 0.4) is 0 Å². The molecule has 0 aromatic heterocycles. The summed E-state index contributed by atoms with van der Waals surface area (Å²) in [7, 11) is 4.09. The van der Waals surface area contributed by atoms with Crippen molar-refractivity contribution in [3.63, 3.8) is 0 Å². The van der Waals surface area contributed by atoms with Crippen molar-refractivity contribution >= 4 is 0 Å². The SMILES string of the molecule is CCc1ccc(C(CN(C)C)NN)cc1. The van der Waals surface area contributed by atoms with E-state index in [1.807, 2.05) is 14.1 Å². The molecule has 0 bridgehead atoms. The first-order chi connectivity index (χ1) is 7.17. The Morgan fingerprint density at radius 1 is 1.27 bits per heavy atom. The molecule has 1 rings (SSSR count). The van der Waals surface area contributed by atoms with Crippen molar-refractivity contribution in [2.24, 2.45) is 5.84 Å². The van der Waals surface area contributed by atoms with Gasteiger partial charge in [0.1, 0.15) is 0 Å². The summed E-state index contributed by atoms with van der Waals surface area (Å²) in [4.78, 5) is 2.12. The van der Waals surface area contributed by atoms with Gasteiger partial charge in [0.05, 0.1) is 6.04 Å². The minimum atomic E-state index is 0.200. The van der Waals surface area contributed by atoms with Gasteiger partial charge in [0.15, 0.2) is 0 Å². The third-order valence-corrected chi connectivity index (χ3v) is 2.54. The number of nitrogens with one attached hydrogen (secondary N) is 1. The Labute approximate surface area is 92.2 Å². The highest BCUT2D eigenvalue weighted by Crippen LogP contribution is 2.14. The molecule has 0 radical (unpaired) electrons. The lowest BCUT2D eigenvalue weighted by molar-refractivity contribution is 0.344.